The van der Waals surface area contributed by atoms with Gasteiger partial charge in [0.25, 0.3) is 5.69 Å². The number of nitro benzene ring substituents is 1. The van der Waals surface area contributed by atoms with Gasteiger partial charge in [-0.25, -0.2) is 0 Å². The molecule has 0 amide bonds. The zero-order chi connectivity index (χ0) is 15.4. The van der Waals surface area contributed by atoms with Crippen LogP contribution in [0.4, 0.5) is 5.69 Å². The molecule has 3 nitrogen and oxygen atoms in total. The Kier molecular flexibility index (Phi) is 5.26. The quantitative estimate of drug-likeness (QED) is 0.532. The first-order chi connectivity index (χ1) is 9.95. The number of hydrogen-bond acceptors (Lipinski definition) is 3. The molecule has 0 radical (unpaired) electrons. The van der Waals surface area contributed by atoms with Gasteiger partial charge in [-0.15, -0.1) is 0 Å². The summed E-state index contributed by atoms with van der Waals surface area (Å²) in [6.07, 6.45) is 1.06. The molecule has 0 aromatic heterocycles. The lowest BCUT2D eigenvalue weighted by Gasteiger charge is -2.07. The molecule has 0 spiro atoms. The Morgan fingerprint density at radius 2 is 1.86 bits per heavy atom. The van der Waals surface area contributed by atoms with Crippen molar-refractivity contribution in [1.29, 1.82) is 0 Å². The van der Waals surface area contributed by atoms with E-state index in [0.717, 1.165) is 16.2 Å². The summed E-state index contributed by atoms with van der Waals surface area (Å²) in [5.74, 6) is 0.632. The minimum absolute atomic E-state index is 0.0108. The summed E-state index contributed by atoms with van der Waals surface area (Å²) in [6.45, 7) is 4.39. The van der Waals surface area contributed by atoms with Crippen LogP contribution < -0.4 is 0 Å². The van der Waals surface area contributed by atoms with Crippen LogP contribution in [0, 0.1) is 16.0 Å². The van der Waals surface area contributed by atoms with Crippen LogP contribution >= 0.6 is 23.4 Å². The van der Waals surface area contributed by atoms with Gasteiger partial charge in [0.1, 0.15) is 0 Å². The van der Waals surface area contributed by atoms with Crippen molar-refractivity contribution in [3.05, 3.63) is 63.2 Å². The molecule has 0 aliphatic carbocycles. The molecule has 0 bridgehead atoms. The fraction of sp³-hybridized carbons (Fsp3) is 0.250. The first kappa shape index (κ1) is 15.9. The number of rotatable bonds is 5. The average Bonchev–Trinajstić information content (AvgIpc) is 2.42. The molecule has 2 aromatic rings. The number of nitro groups is 1. The van der Waals surface area contributed by atoms with Gasteiger partial charge in [0, 0.05) is 21.9 Å². The van der Waals surface area contributed by atoms with E-state index >= 15 is 0 Å². The second kappa shape index (κ2) is 6.96. The van der Waals surface area contributed by atoms with E-state index < -0.39 is 4.92 Å². The van der Waals surface area contributed by atoms with Crippen molar-refractivity contribution < 1.29 is 4.92 Å². The van der Waals surface area contributed by atoms with Gasteiger partial charge in [-0.2, -0.15) is 0 Å². The molecular formula is C16H16ClNO2S. The monoisotopic (exact) mass is 321 g/mol. The summed E-state index contributed by atoms with van der Waals surface area (Å²) in [5.41, 5.74) is 1.32. The van der Waals surface area contributed by atoms with Crippen LogP contribution in [0.15, 0.2) is 52.3 Å². The summed E-state index contributed by atoms with van der Waals surface area (Å²) in [6, 6.07) is 12.9. The lowest BCUT2D eigenvalue weighted by atomic mass is 10.0. The van der Waals surface area contributed by atoms with Crippen molar-refractivity contribution >= 4 is 29.1 Å². The van der Waals surface area contributed by atoms with Crippen molar-refractivity contribution in [2.45, 2.75) is 30.1 Å². The summed E-state index contributed by atoms with van der Waals surface area (Å²) in [4.78, 5) is 12.1. The second-order valence-electron chi connectivity index (χ2n) is 5.22. The average molecular weight is 322 g/mol. The maximum Gasteiger partial charge on any atom is 0.270 e. The van der Waals surface area contributed by atoms with E-state index in [1.807, 2.05) is 0 Å². The minimum Gasteiger partial charge on any atom is -0.258 e. The summed E-state index contributed by atoms with van der Waals surface area (Å²) < 4.78 is 0. The van der Waals surface area contributed by atoms with E-state index in [4.69, 9.17) is 11.6 Å². The Morgan fingerprint density at radius 3 is 2.38 bits per heavy atom. The minimum atomic E-state index is -0.443. The molecule has 0 aliphatic heterocycles. The highest BCUT2D eigenvalue weighted by molar-refractivity contribution is 7.99. The number of hydrogen-bond donors (Lipinski definition) is 0. The predicted octanol–water partition coefficient (Wildman–Crippen LogP) is 5.60. The highest BCUT2D eigenvalue weighted by Crippen LogP contribution is 2.35. The van der Waals surface area contributed by atoms with E-state index in [2.05, 4.69) is 38.1 Å². The lowest BCUT2D eigenvalue weighted by Crippen LogP contribution is -1.93. The van der Waals surface area contributed by atoms with E-state index in [-0.39, 0.29) is 5.69 Å². The Balaban J connectivity index is 2.13. The molecule has 0 atom stereocenters. The number of halogens is 1. The largest absolute Gasteiger partial charge is 0.270 e. The van der Waals surface area contributed by atoms with E-state index in [1.165, 1.54) is 29.5 Å². The fourth-order valence-electron chi connectivity index (χ4n) is 1.98. The normalized spacial score (nSPS) is 10.9. The molecule has 2 rings (SSSR count). The highest BCUT2D eigenvalue weighted by atomic mass is 35.5. The van der Waals surface area contributed by atoms with Crippen molar-refractivity contribution in [2.24, 2.45) is 5.92 Å². The van der Waals surface area contributed by atoms with Gasteiger partial charge >= 0.3 is 0 Å². The molecule has 5 heteroatoms. The van der Waals surface area contributed by atoms with E-state index in [0.29, 0.717) is 10.9 Å². The van der Waals surface area contributed by atoms with Crippen LogP contribution in [0.2, 0.25) is 5.02 Å². The molecule has 0 fully saturated rings. The first-order valence-corrected chi connectivity index (χ1v) is 7.86. The van der Waals surface area contributed by atoms with Crippen LogP contribution in [-0.4, -0.2) is 4.92 Å². The summed E-state index contributed by atoms with van der Waals surface area (Å²) in [5, 5.41) is 11.1. The molecule has 0 saturated heterocycles. The highest BCUT2D eigenvalue weighted by Gasteiger charge is 2.10. The van der Waals surface area contributed by atoms with Crippen molar-refractivity contribution in [3.8, 4) is 0 Å². The maximum absolute atomic E-state index is 10.7. The second-order valence-corrected chi connectivity index (χ2v) is 6.74. The summed E-state index contributed by atoms with van der Waals surface area (Å²) in [7, 11) is 0. The maximum atomic E-state index is 10.7. The molecule has 0 unspecified atom stereocenters. The standard InChI is InChI=1S/C16H16ClNO2S/c1-11(2)9-12-3-6-14(7-4-12)21-16-8-5-13(18(19)20)10-15(16)17/h3-8,10-11H,9H2,1-2H3. The van der Waals surface area contributed by atoms with Crippen LogP contribution in [0.25, 0.3) is 0 Å². The van der Waals surface area contributed by atoms with Gasteiger partial charge in [0.05, 0.1) is 9.95 Å². The Hall–Kier alpha value is -1.52. The van der Waals surface area contributed by atoms with Crippen molar-refractivity contribution in [1.82, 2.24) is 0 Å². The number of nitrogens with zero attached hydrogens (tertiary/aromatic N) is 1. The van der Waals surface area contributed by atoms with Crippen LogP contribution in [0.1, 0.15) is 19.4 Å². The zero-order valence-electron chi connectivity index (χ0n) is 11.9. The van der Waals surface area contributed by atoms with E-state index in [9.17, 15) is 10.1 Å². The number of non-ortho nitro benzene ring substituents is 1. The third kappa shape index (κ3) is 4.48. The molecule has 21 heavy (non-hydrogen) atoms. The molecule has 0 saturated carbocycles. The first-order valence-electron chi connectivity index (χ1n) is 6.66. The third-order valence-corrected chi connectivity index (χ3v) is 4.43. The molecule has 110 valence electrons. The van der Waals surface area contributed by atoms with Gasteiger partial charge < -0.3 is 0 Å². The molecule has 0 aliphatic rings. The Labute approximate surface area is 133 Å². The fourth-order valence-corrected chi connectivity index (χ4v) is 3.09. The van der Waals surface area contributed by atoms with Crippen LogP contribution in [0.5, 0.6) is 0 Å². The molecule has 2 aromatic carbocycles. The van der Waals surface area contributed by atoms with Crippen molar-refractivity contribution in [2.75, 3.05) is 0 Å². The Bertz CT molecular complexity index is 641. The number of benzene rings is 2. The summed E-state index contributed by atoms with van der Waals surface area (Å²) >= 11 is 7.61. The topological polar surface area (TPSA) is 43.1 Å². The van der Waals surface area contributed by atoms with Gasteiger partial charge in [0.15, 0.2) is 0 Å². The van der Waals surface area contributed by atoms with Gasteiger partial charge in [0.2, 0.25) is 0 Å². The van der Waals surface area contributed by atoms with Gasteiger partial charge in [-0.05, 0) is 36.1 Å². The predicted molar refractivity (Wildman–Crippen MR) is 87.2 cm³/mol. The SMILES string of the molecule is CC(C)Cc1ccc(Sc2ccc([N+](=O)[O-])cc2Cl)cc1. The van der Waals surface area contributed by atoms with Crippen molar-refractivity contribution in [3.63, 3.8) is 0 Å². The molecular weight excluding hydrogens is 306 g/mol. The third-order valence-electron chi connectivity index (χ3n) is 2.92. The van der Waals surface area contributed by atoms with E-state index in [1.54, 1.807) is 6.07 Å². The Morgan fingerprint density at radius 1 is 1.19 bits per heavy atom. The lowest BCUT2D eigenvalue weighted by molar-refractivity contribution is -0.384. The van der Waals surface area contributed by atoms with Gasteiger partial charge in [-0.3, -0.25) is 10.1 Å². The molecule has 0 N–H and O–H groups in total. The zero-order valence-corrected chi connectivity index (χ0v) is 13.4. The van der Waals surface area contributed by atoms with Gasteiger partial charge in [-0.1, -0.05) is 49.3 Å². The molecule has 0 heterocycles. The smallest absolute Gasteiger partial charge is 0.258 e. The van der Waals surface area contributed by atoms with Crippen LogP contribution in [-0.2, 0) is 6.42 Å². The van der Waals surface area contributed by atoms with Crippen LogP contribution in [0.3, 0.4) is 0 Å².